The molecule has 0 amide bonds. The maximum atomic E-state index is 12.9. The molecule has 0 unspecified atom stereocenters. The average molecular weight is 296 g/mol. The van der Waals surface area contributed by atoms with Crippen molar-refractivity contribution in [3.63, 3.8) is 0 Å². The smallest absolute Gasteiger partial charge is 0.126 e. The van der Waals surface area contributed by atoms with Crippen molar-refractivity contribution in [3.8, 4) is 0 Å². The first kappa shape index (κ1) is 15.5. The molecular weight excluding hydrogens is 280 g/mol. The van der Waals surface area contributed by atoms with Gasteiger partial charge in [0, 0.05) is 26.9 Å². The topological polar surface area (TPSA) is 30.5 Å². The van der Waals surface area contributed by atoms with E-state index < -0.39 is 5.82 Å². The Balaban J connectivity index is 2.27. The van der Waals surface area contributed by atoms with Crippen LogP contribution in [0, 0.1) is 5.82 Å². The highest BCUT2D eigenvalue weighted by molar-refractivity contribution is 6.39. The van der Waals surface area contributed by atoms with Crippen LogP contribution in [0.3, 0.4) is 0 Å². The molecule has 0 fully saturated rings. The van der Waals surface area contributed by atoms with E-state index >= 15 is 0 Å². The summed E-state index contributed by atoms with van der Waals surface area (Å²) < 4.78 is 23.2. The highest BCUT2D eigenvalue weighted by atomic mass is 35.5. The van der Waals surface area contributed by atoms with Crippen molar-refractivity contribution < 1.29 is 13.9 Å². The predicted molar refractivity (Wildman–Crippen MR) is 72.2 cm³/mol. The summed E-state index contributed by atoms with van der Waals surface area (Å²) in [6, 6.07) is 2.43. The standard InChI is InChI=1S/C12H16Cl2FNO2/c1-17-4-2-5-18-6-3-16-12-10(13)7-9(15)8-11(12)14/h7-8,16H,2-6H2,1H3. The molecule has 0 spiro atoms. The van der Waals surface area contributed by atoms with Crippen LogP contribution in [0.4, 0.5) is 10.1 Å². The maximum Gasteiger partial charge on any atom is 0.126 e. The second-order valence-electron chi connectivity index (χ2n) is 3.63. The summed E-state index contributed by atoms with van der Waals surface area (Å²) in [7, 11) is 1.65. The SMILES string of the molecule is COCCCOCCNc1c(Cl)cc(F)cc1Cl. The number of ether oxygens (including phenoxy) is 2. The van der Waals surface area contributed by atoms with Crippen LogP contribution in [0.15, 0.2) is 12.1 Å². The van der Waals surface area contributed by atoms with E-state index in [0.29, 0.717) is 32.1 Å². The first-order chi connectivity index (χ1) is 8.65. The lowest BCUT2D eigenvalue weighted by Crippen LogP contribution is -2.11. The fourth-order valence-electron chi connectivity index (χ4n) is 1.37. The molecule has 1 rings (SSSR count). The summed E-state index contributed by atoms with van der Waals surface area (Å²) in [6.07, 6.45) is 0.856. The Hall–Kier alpha value is -0.550. The third-order valence-electron chi connectivity index (χ3n) is 2.19. The number of nitrogens with one attached hydrogen (secondary N) is 1. The van der Waals surface area contributed by atoms with Crippen LogP contribution in [-0.4, -0.2) is 33.5 Å². The molecule has 102 valence electrons. The van der Waals surface area contributed by atoms with E-state index in [1.165, 1.54) is 12.1 Å². The van der Waals surface area contributed by atoms with E-state index in [2.05, 4.69) is 5.32 Å². The summed E-state index contributed by atoms with van der Waals surface area (Å²) >= 11 is 11.7. The minimum atomic E-state index is -0.452. The highest BCUT2D eigenvalue weighted by Crippen LogP contribution is 2.30. The molecule has 6 heteroatoms. The van der Waals surface area contributed by atoms with E-state index in [4.69, 9.17) is 32.7 Å². The molecule has 3 nitrogen and oxygen atoms in total. The lowest BCUT2D eigenvalue weighted by molar-refractivity contribution is 0.109. The molecule has 0 atom stereocenters. The zero-order valence-corrected chi connectivity index (χ0v) is 11.7. The van der Waals surface area contributed by atoms with Crippen LogP contribution in [0.2, 0.25) is 10.0 Å². The summed E-state index contributed by atoms with van der Waals surface area (Å²) in [5, 5.41) is 3.54. The van der Waals surface area contributed by atoms with E-state index in [1.54, 1.807) is 7.11 Å². The van der Waals surface area contributed by atoms with Gasteiger partial charge < -0.3 is 14.8 Å². The molecule has 18 heavy (non-hydrogen) atoms. The largest absolute Gasteiger partial charge is 0.385 e. The summed E-state index contributed by atoms with van der Waals surface area (Å²) in [5.74, 6) is -0.452. The minimum Gasteiger partial charge on any atom is -0.385 e. The molecule has 0 radical (unpaired) electrons. The molecule has 1 N–H and O–H groups in total. The van der Waals surface area contributed by atoms with Crippen LogP contribution in [0.5, 0.6) is 0 Å². The maximum absolute atomic E-state index is 12.9. The molecule has 0 aliphatic rings. The molecule has 0 aliphatic heterocycles. The van der Waals surface area contributed by atoms with Gasteiger partial charge >= 0.3 is 0 Å². The fourth-order valence-corrected chi connectivity index (χ4v) is 1.96. The Morgan fingerprint density at radius 2 is 1.83 bits per heavy atom. The van der Waals surface area contributed by atoms with Crippen molar-refractivity contribution in [1.29, 1.82) is 0 Å². The van der Waals surface area contributed by atoms with Crippen molar-refractivity contribution in [2.75, 3.05) is 38.8 Å². The number of hydrogen-bond acceptors (Lipinski definition) is 3. The first-order valence-electron chi connectivity index (χ1n) is 5.60. The third-order valence-corrected chi connectivity index (χ3v) is 2.79. The van der Waals surface area contributed by atoms with Crippen LogP contribution in [0.25, 0.3) is 0 Å². The normalized spacial score (nSPS) is 10.7. The summed E-state index contributed by atoms with van der Waals surface area (Å²) in [6.45, 7) is 2.40. The zero-order valence-electron chi connectivity index (χ0n) is 10.1. The zero-order chi connectivity index (χ0) is 13.4. The van der Waals surface area contributed by atoms with Gasteiger partial charge in [0.2, 0.25) is 0 Å². The van der Waals surface area contributed by atoms with Gasteiger partial charge in [0.25, 0.3) is 0 Å². The molecule has 1 aromatic rings. The number of methoxy groups -OCH3 is 1. The van der Waals surface area contributed by atoms with Crippen LogP contribution >= 0.6 is 23.2 Å². The number of benzene rings is 1. The molecule has 0 heterocycles. The molecule has 0 saturated heterocycles. The fraction of sp³-hybridized carbons (Fsp3) is 0.500. The number of hydrogen-bond donors (Lipinski definition) is 1. The molecule has 0 aliphatic carbocycles. The Bertz CT molecular complexity index is 354. The lowest BCUT2D eigenvalue weighted by Gasteiger charge is -2.10. The van der Waals surface area contributed by atoms with Gasteiger partial charge in [0.1, 0.15) is 5.82 Å². The van der Waals surface area contributed by atoms with E-state index in [1.807, 2.05) is 0 Å². The Labute approximate surface area is 116 Å². The number of halogens is 3. The third kappa shape index (κ3) is 5.40. The number of anilines is 1. The minimum absolute atomic E-state index is 0.263. The molecule has 0 saturated carbocycles. The van der Waals surface area contributed by atoms with Crippen molar-refractivity contribution in [2.24, 2.45) is 0 Å². The van der Waals surface area contributed by atoms with E-state index in [0.717, 1.165) is 6.42 Å². The van der Waals surface area contributed by atoms with Crippen molar-refractivity contribution in [3.05, 3.63) is 28.0 Å². The van der Waals surface area contributed by atoms with Crippen molar-refractivity contribution in [1.82, 2.24) is 0 Å². The Kier molecular flexibility index (Phi) is 7.35. The molecule has 0 bridgehead atoms. The Morgan fingerprint density at radius 3 is 2.44 bits per heavy atom. The monoisotopic (exact) mass is 295 g/mol. The van der Waals surface area contributed by atoms with Gasteiger partial charge in [-0.1, -0.05) is 23.2 Å². The van der Waals surface area contributed by atoms with Crippen LogP contribution in [-0.2, 0) is 9.47 Å². The van der Waals surface area contributed by atoms with Gasteiger partial charge in [-0.15, -0.1) is 0 Å². The lowest BCUT2D eigenvalue weighted by atomic mass is 10.3. The second kappa shape index (κ2) is 8.53. The van der Waals surface area contributed by atoms with Crippen molar-refractivity contribution >= 4 is 28.9 Å². The quantitative estimate of drug-likeness (QED) is 0.744. The van der Waals surface area contributed by atoms with Crippen LogP contribution < -0.4 is 5.32 Å². The van der Waals surface area contributed by atoms with Gasteiger partial charge in [0.15, 0.2) is 0 Å². The Morgan fingerprint density at radius 1 is 1.17 bits per heavy atom. The van der Waals surface area contributed by atoms with Crippen molar-refractivity contribution in [2.45, 2.75) is 6.42 Å². The molecular formula is C12H16Cl2FNO2. The molecule has 0 aromatic heterocycles. The second-order valence-corrected chi connectivity index (χ2v) is 4.44. The van der Waals surface area contributed by atoms with Gasteiger partial charge in [-0.3, -0.25) is 0 Å². The summed E-state index contributed by atoms with van der Waals surface area (Å²) in [5.41, 5.74) is 0.528. The highest BCUT2D eigenvalue weighted by Gasteiger charge is 2.07. The predicted octanol–water partition coefficient (Wildman–Crippen LogP) is 3.60. The first-order valence-corrected chi connectivity index (χ1v) is 6.36. The molecule has 1 aromatic carbocycles. The van der Waals surface area contributed by atoms with E-state index in [-0.39, 0.29) is 10.0 Å². The van der Waals surface area contributed by atoms with Gasteiger partial charge in [0.05, 0.1) is 22.3 Å². The van der Waals surface area contributed by atoms with E-state index in [9.17, 15) is 4.39 Å². The van der Waals surface area contributed by atoms with Gasteiger partial charge in [-0.05, 0) is 18.6 Å². The average Bonchev–Trinajstić information content (AvgIpc) is 2.30. The number of rotatable bonds is 8. The summed E-state index contributed by atoms with van der Waals surface area (Å²) in [4.78, 5) is 0. The van der Waals surface area contributed by atoms with Gasteiger partial charge in [-0.25, -0.2) is 4.39 Å². The van der Waals surface area contributed by atoms with Crippen LogP contribution in [0.1, 0.15) is 6.42 Å². The van der Waals surface area contributed by atoms with Gasteiger partial charge in [-0.2, -0.15) is 0 Å².